The van der Waals surface area contributed by atoms with E-state index in [1.165, 1.54) is 7.11 Å². The highest BCUT2D eigenvalue weighted by Crippen LogP contribution is 2.03. The second-order valence-corrected chi connectivity index (χ2v) is 2.98. The molecule has 0 aliphatic carbocycles. The zero-order valence-electron chi connectivity index (χ0n) is 8.62. The van der Waals surface area contributed by atoms with Gasteiger partial charge in [0.1, 0.15) is 0 Å². The number of esters is 1. The van der Waals surface area contributed by atoms with E-state index in [0.29, 0.717) is 13.0 Å². The molecule has 0 saturated carbocycles. The van der Waals surface area contributed by atoms with Crippen LogP contribution in [-0.2, 0) is 9.53 Å². The maximum atomic E-state index is 10.9. The zero-order valence-corrected chi connectivity index (χ0v) is 8.62. The maximum absolute atomic E-state index is 10.9. The fourth-order valence-corrected chi connectivity index (χ4v) is 1.27. The van der Waals surface area contributed by atoms with Crippen LogP contribution in [0.4, 0.5) is 0 Å². The molecule has 13 heavy (non-hydrogen) atoms. The number of likely N-dealkylation sites (N-methyl/N-ethyl adjacent to an activating group) is 1. The lowest BCUT2D eigenvalue weighted by atomic mass is 10.2. The van der Waals surface area contributed by atoms with Crippen LogP contribution in [0.3, 0.4) is 0 Å². The molecule has 0 amide bonds. The number of aliphatic hydroxyl groups excluding tert-OH is 1. The standard InChI is InChI=1S/C9H19NO3/c1-4-10(5-6-11)8(2)7-9(12)13-3/h8,11H,4-7H2,1-3H3. The molecule has 0 fully saturated rings. The van der Waals surface area contributed by atoms with Crippen LogP contribution in [0, 0.1) is 0 Å². The molecule has 1 N–H and O–H groups in total. The molecule has 0 saturated heterocycles. The summed E-state index contributed by atoms with van der Waals surface area (Å²) in [7, 11) is 1.39. The first kappa shape index (κ1) is 12.4. The second-order valence-electron chi connectivity index (χ2n) is 2.98. The molecule has 1 unspecified atom stereocenters. The van der Waals surface area contributed by atoms with E-state index < -0.39 is 0 Å². The summed E-state index contributed by atoms with van der Waals surface area (Å²) >= 11 is 0. The predicted molar refractivity (Wildman–Crippen MR) is 50.4 cm³/mol. The first-order valence-electron chi connectivity index (χ1n) is 4.57. The summed E-state index contributed by atoms with van der Waals surface area (Å²) in [4.78, 5) is 13.0. The molecule has 0 bridgehead atoms. The highest BCUT2D eigenvalue weighted by Gasteiger charge is 2.15. The summed E-state index contributed by atoms with van der Waals surface area (Å²) in [6.07, 6.45) is 0.379. The molecule has 0 rings (SSSR count). The number of hydrogen-bond donors (Lipinski definition) is 1. The average Bonchev–Trinajstić information content (AvgIpc) is 2.13. The number of rotatable bonds is 6. The number of carbonyl (C=O) groups is 1. The monoisotopic (exact) mass is 189 g/mol. The number of aliphatic hydroxyl groups is 1. The van der Waals surface area contributed by atoms with Crippen LogP contribution in [0.5, 0.6) is 0 Å². The minimum atomic E-state index is -0.205. The number of hydrogen-bond acceptors (Lipinski definition) is 4. The molecule has 0 spiro atoms. The Morgan fingerprint density at radius 2 is 2.23 bits per heavy atom. The summed E-state index contributed by atoms with van der Waals surface area (Å²) in [6.45, 7) is 5.52. The van der Waals surface area contributed by atoms with E-state index in [9.17, 15) is 4.79 Å². The number of ether oxygens (including phenoxy) is 1. The second kappa shape index (κ2) is 6.86. The predicted octanol–water partition coefficient (Wildman–Crippen LogP) is 0.252. The molecule has 0 aliphatic rings. The van der Waals surface area contributed by atoms with Crippen molar-refractivity contribution >= 4 is 5.97 Å². The van der Waals surface area contributed by atoms with Crippen LogP contribution in [0.1, 0.15) is 20.3 Å². The lowest BCUT2D eigenvalue weighted by Gasteiger charge is -2.25. The molecular weight excluding hydrogens is 170 g/mol. The first-order chi connectivity index (χ1) is 6.15. The highest BCUT2D eigenvalue weighted by molar-refractivity contribution is 5.69. The quantitative estimate of drug-likeness (QED) is 0.609. The molecule has 0 aromatic rings. The van der Waals surface area contributed by atoms with Crippen molar-refractivity contribution < 1.29 is 14.6 Å². The number of nitrogens with zero attached hydrogens (tertiary/aromatic N) is 1. The molecule has 4 heteroatoms. The summed E-state index contributed by atoms with van der Waals surface area (Å²) in [5, 5.41) is 8.75. The van der Waals surface area contributed by atoms with E-state index in [2.05, 4.69) is 4.74 Å². The minimum absolute atomic E-state index is 0.124. The molecule has 0 heterocycles. The molecule has 1 atom stereocenters. The number of methoxy groups -OCH3 is 1. The summed E-state index contributed by atoms with van der Waals surface area (Å²) in [5.41, 5.74) is 0. The van der Waals surface area contributed by atoms with Gasteiger partial charge >= 0.3 is 5.97 Å². The van der Waals surface area contributed by atoms with Gasteiger partial charge in [-0.1, -0.05) is 6.92 Å². The SMILES string of the molecule is CCN(CCO)C(C)CC(=O)OC. The molecule has 0 radical (unpaired) electrons. The third-order valence-electron chi connectivity index (χ3n) is 2.11. The van der Waals surface area contributed by atoms with E-state index in [-0.39, 0.29) is 18.6 Å². The number of carbonyl (C=O) groups excluding carboxylic acids is 1. The van der Waals surface area contributed by atoms with Crippen molar-refractivity contribution in [2.24, 2.45) is 0 Å². The summed E-state index contributed by atoms with van der Waals surface area (Å²) < 4.78 is 4.57. The van der Waals surface area contributed by atoms with Crippen LogP contribution >= 0.6 is 0 Å². The molecular formula is C9H19NO3. The molecule has 0 aliphatic heterocycles. The van der Waals surface area contributed by atoms with E-state index in [4.69, 9.17) is 5.11 Å². The fourth-order valence-electron chi connectivity index (χ4n) is 1.27. The van der Waals surface area contributed by atoms with Crippen LogP contribution < -0.4 is 0 Å². The van der Waals surface area contributed by atoms with Crippen LogP contribution in [-0.4, -0.2) is 48.8 Å². The Kier molecular flexibility index (Phi) is 6.54. The lowest BCUT2D eigenvalue weighted by Crippen LogP contribution is -2.36. The van der Waals surface area contributed by atoms with Gasteiger partial charge in [0.15, 0.2) is 0 Å². The van der Waals surface area contributed by atoms with Gasteiger partial charge in [-0.25, -0.2) is 0 Å². The van der Waals surface area contributed by atoms with Gasteiger partial charge in [-0.05, 0) is 13.5 Å². The smallest absolute Gasteiger partial charge is 0.307 e. The summed E-state index contributed by atoms with van der Waals surface area (Å²) in [5.74, 6) is -0.205. The Bertz CT molecular complexity index is 150. The Balaban J connectivity index is 3.89. The topological polar surface area (TPSA) is 49.8 Å². The van der Waals surface area contributed by atoms with Crippen molar-refractivity contribution in [3.05, 3.63) is 0 Å². The van der Waals surface area contributed by atoms with Crippen molar-refractivity contribution in [3.8, 4) is 0 Å². The Morgan fingerprint density at radius 3 is 2.62 bits per heavy atom. The molecule has 0 aromatic heterocycles. The Labute approximate surface area is 79.5 Å². The van der Waals surface area contributed by atoms with Crippen LogP contribution in [0.15, 0.2) is 0 Å². The van der Waals surface area contributed by atoms with Gasteiger partial charge in [0.05, 0.1) is 20.1 Å². The third kappa shape index (κ3) is 4.85. The van der Waals surface area contributed by atoms with Crippen molar-refractivity contribution in [1.29, 1.82) is 0 Å². The van der Waals surface area contributed by atoms with Crippen molar-refractivity contribution in [2.75, 3.05) is 26.8 Å². The van der Waals surface area contributed by atoms with E-state index >= 15 is 0 Å². The average molecular weight is 189 g/mol. The van der Waals surface area contributed by atoms with Gasteiger partial charge in [0, 0.05) is 12.6 Å². The summed E-state index contributed by atoms with van der Waals surface area (Å²) in [6, 6.07) is 0.129. The third-order valence-corrected chi connectivity index (χ3v) is 2.11. The van der Waals surface area contributed by atoms with Crippen LogP contribution in [0.2, 0.25) is 0 Å². The van der Waals surface area contributed by atoms with Gasteiger partial charge in [0.2, 0.25) is 0 Å². The largest absolute Gasteiger partial charge is 0.469 e. The lowest BCUT2D eigenvalue weighted by molar-refractivity contribution is -0.141. The molecule has 78 valence electrons. The minimum Gasteiger partial charge on any atom is -0.469 e. The van der Waals surface area contributed by atoms with Gasteiger partial charge in [-0.3, -0.25) is 9.69 Å². The Hall–Kier alpha value is -0.610. The highest BCUT2D eigenvalue weighted by atomic mass is 16.5. The van der Waals surface area contributed by atoms with E-state index in [1.54, 1.807) is 0 Å². The van der Waals surface area contributed by atoms with Crippen molar-refractivity contribution in [2.45, 2.75) is 26.3 Å². The zero-order chi connectivity index (χ0) is 10.3. The van der Waals surface area contributed by atoms with Gasteiger partial charge in [-0.2, -0.15) is 0 Å². The normalized spacial score (nSPS) is 13.0. The van der Waals surface area contributed by atoms with Gasteiger partial charge in [-0.15, -0.1) is 0 Å². The van der Waals surface area contributed by atoms with Gasteiger partial charge < -0.3 is 9.84 Å². The van der Waals surface area contributed by atoms with Crippen LogP contribution in [0.25, 0.3) is 0 Å². The van der Waals surface area contributed by atoms with E-state index in [1.807, 2.05) is 18.7 Å². The first-order valence-corrected chi connectivity index (χ1v) is 4.57. The Morgan fingerprint density at radius 1 is 1.62 bits per heavy atom. The van der Waals surface area contributed by atoms with Crippen molar-refractivity contribution in [3.63, 3.8) is 0 Å². The van der Waals surface area contributed by atoms with Crippen molar-refractivity contribution in [1.82, 2.24) is 4.90 Å². The molecule has 4 nitrogen and oxygen atoms in total. The fraction of sp³-hybridized carbons (Fsp3) is 0.889. The van der Waals surface area contributed by atoms with E-state index in [0.717, 1.165) is 6.54 Å². The molecule has 0 aromatic carbocycles. The maximum Gasteiger partial charge on any atom is 0.307 e. The van der Waals surface area contributed by atoms with Gasteiger partial charge in [0.25, 0.3) is 0 Å².